The number of urea groups is 1. The van der Waals surface area contributed by atoms with Crippen molar-refractivity contribution < 1.29 is 9.90 Å². The van der Waals surface area contributed by atoms with Gasteiger partial charge in [0, 0.05) is 25.1 Å². The number of hydrogen-bond acceptors (Lipinski definition) is 2. The first kappa shape index (κ1) is 15.6. The minimum Gasteiger partial charge on any atom is -0.396 e. The largest absolute Gasteiger partial charge is 0.396 e. The molecule has 0 heterocycles. The van der Waals surface area contributed by atoms with Gasteiger partial charge in [0.15, 0.2) is 0 Å². The number of carbonyl (C=O) groups excluding carboxylic acids is 1. The first-order chi connectivity index (χ1) is 9.99. The molecule has 4 nitrogen and oxygen atoms in total. The molecule has 1 aromatic carbocycles. The SMILES string of the molecule is Cc1cc(C)c(CNC(=O)N[C@@H]2C=C[C@H](CO)C2)c(C)c1. The number of amides is 2. The third kappa shape index (κ3) is 4.08. The zero-order valence-electron chi connectivity index (χ0n) is 12.9. The third-order valence-electron chi connectivity index (χ3n) is 3.99. The monoisotopic (exact) mass is 288 g/mol. The van der Waals surface area contributed by atoms with E-state index in [9.17, 15) is 4.79 Å². The molecule has 3 N–H and O–H groups in total. The smallest absolute Gasteiger partial charge is 0.315 e. The Labute approximate surface area is 126 Å². The highest BCUT2D eigenvalue weighted by Gasteiger charge is 2.19. The van der Waals surface area contributed by atoms with E-state index in [-0.39, 0.29) is 24.6 Å². The molecule has 1 aromatic rings. The minimum absolute atomic E-state index is 0.0161. The fourth-order valence-corrected chi connectivity index (χ4v) is 2.89. The van der Waals surface area contributed by atoms with Gasteiger partial charge in [-0.25, -0.2) is 4.79 Å². The van der Waals surface area contributed by atoms with Gasteiger partial charge < -0.3 is 15.7 Å². The van der Waals surface area contributed by atoms with Crippen LogP contribution in [0.1, 0.15) is 28.7 Å². The van der Waals surface area contributed by atoms with E-state index in [1.807, 2.05) is 12.2 Å². The molecule has 0 bridgehead atoms. The molecule has 0 aromatic heterocycles. The summed E-state index contributed by atoms with van der Waals surface area (Å²) in [6, 6.07) is 4.12. The fourth-order valence-electron chi connectivity index (χ4n) is 2.89. The van der Waals surface area contributed by atoms with Gasteiger partial charge in [-0.3, -0.25) is 0 Å². The minimum atomic E-state index is -0.164. The van der Waals surface area contributed by atoms with Gasteiger partial charge in [-0.2, -0.15) is 0 Å². The highest BCUT2D eigenvalue weighted by atomic mass is 16.3. The van der Waals surface area contributed by atoms with Crippen molar-refractivity contribution in [3.63, 3.8) is 0 Å². The number of aliphatic hydroxyl groups is 1. The number of nitrogens with one attached hydrogen (secondary N) is 2. The number of hydrogen-bond donors (Lipinski definition) is 3. The van der Waals surface area contributed by atoms with E-state index in [1.165, 1.54) is 22.3 Å². The molecule has 1 aliphatic carbocycles. The van der Waals surface area contributed by atoms with Gasteiger partial charge in [-0.1, -0.05) is 29.8 Å². The Bertz CT molecular complexity index is 529. The molecule has 0 radical (unpaired) electrons. The lowest BCUT2D eigenvalue weighted by Crippen LogP contribution is -2.40. The van der Waals surface area contributed by atoms with Crippen molar-refractivity contribution in [3.8, 4) is 0 Å². The summed E-state index contributed by atoms with van der Waals surface area (Å²) in [6.07, 6.45) is 4.68. The zero-order valence-corrected chi connectivity index (χ0v) is 12.9. The van der Waals surface area contributed by atoms with Gasteiger partial charge in [0.05, 0.1) is 0 Å². The maximum absolute atomic E-state index is 11.9. The summed E-state index contributed by atoms with van der Waals surface area (Å²) in [6.45, 7) is 6.89. The zero-order chi connectivity index (χ0) is 15.4. The van der Waals surface area contributed by atoms with Crippen molar-refractivity contribution in [2.75, 3.05) is 6.61 Å². The number of carbonyl (C=O) groups is 1. The van der Waals surface area contributed by atoms with Crippen molar-refractivity contribution in [1.29, 1.82) is 0 Å². The van der Waals surface area contributed by atoms with Gasteiger partial charge in [0.1, 0.15) is 0 Å². The lowest BCUT2D eigenvalue weighted by Gasteiger charge is -2.15. The molecule has 114 valence electrons. The predicted molar refractivity (Wildman–Crippen MR) is 84.1 cm³/mol. The van der Waals surface area contributed by atoms with E-state index in [0.29, 0.717) is 6.54 Å². The Hall–Kier alpha value is -1.81. The van der Waals surface area contributed by atoms with Crippen LogP contribution in [0.4, 0.5) is 4.79 Å². The first-order valence-corrected chi connectivity index (χ1v) is 7.40. The van der Waals surface area contributed by atoms with Crippen molar-refractivity contribution in [2.24, 2.45) is 5.92 Å². The van der Waals surface area contributed by atoms with Crippen LogP contribution in [0, 0.1) is 26.7 Å². The normalized spacial score (nSPS) is 20.6. The first-order valence-electron chi connectivity index (χ1n) is 7.40. The molecule has 0 spiro atoms. The fraction of sp³-hybridized carbons (Fsp3) is 0.471. The quantitative estimate of drug-likeness (QED) is 0.745. The summed E-state index contributed by atoms with van der Waals surface area (Å²) >= 11 is 0. The number of rotatable bonds is 4. The molecule has 0 unspecified atom stereocenters. The summed E-state index contributed by atoms with van der Waals surface area (Å²) in [4.78, 5) is 11.9. The molecule has 1 aliphatic rings. The Morgan fingerprint density at radius 1 is 1.24 bits per heavy atom. The second-order valence-electron chi connectivity index (χ2n) is 5.87. The molecule has 0 saturated heterocycles. The number of aryl methyl sites for hydroxylation is 3. The van der Waals surface area contributed by atoms with Crippen LogP contribution in [0.3, 0.4) is 0 Å². The highest BCUT2D eigenvalue weighted by molar-refractivity contribution is 5.74. The maximum atomic E-state index is 11.9. The molecule has 0 saturated carbocycles. The van der Waals surface area contributed by atoms with Crippen LogP contribution in [-0.2, 0) is 6.54 Å². The van der Waals surface area contributed by atoms with Crippen molar-refractivity contribution in [3.05, 3.63) is 46.5 Å². The van der Waals surface area contributed by atoms with E-state index in [1.54, 1.807) is 0 Å². The Morgan fingerprint density at radius 2 is 1.90 bits per heavy atom. The maximum Gasteiger partial charge on any atom is 0.315 e. The summed E-state index contributed by atoms with van der Waals surface area (Å²) in [5, 5.41) is 14.9. The molecule has 2 amide bonds. The lowest BCUT2D eigenvalue weighted by atomic mass is 10.00. The second-order valence-corrected chi connectivity index (χ2v) is 5.87. The van der Waals surface area contributed by atoms with Crippen molar-refractivity contribution in [2.45, 2.75) is 39.8 Å². The Balaban J connectivity index is 1.86. The lowest BCUT2D eigenvalue weighted by molar-refractivity contribution is 0.231. The van der Waals surface area contributed by atoms with Crippen LogP contribution in [0.25, 0.3) is 0 Å². The van der Waals surface area contributed by atoms with Gasteiger partial charge in [-0.05, 0) is 43.9 Å². The van der Waals surface area contributed by atoms with Crippen LogP contribution in [0.2, 0.25) is 0 Å². The molecule has 2 atom stereocenters. The molecule has 21 heavy (non-hydrogen) atoms. The van der Waals surface area contributed by atoms with Crippen LogP contribution in [0.5, 0.6) is 0 Å². The average molecular weight is 288 g/mol. The molecular formula is C17H24N2O2. The summed E-state index contributed by atoms with van der Waals surface area (Å²) in [5.74, 6) is 0.164. The third-order valence-corrected chi connectivity index (χ3v) is 3.99. The van der Waals surface area contributed by atoms with E-state index >= 15 is 0 Å². The van der Waals surface area contributed by atoms with Crippen LogP contribution < -0.4 is 10.6 Å². The van der Waals surface area contributed by atoms with Crippen LogP contribution in [-0.4, -0.2) is 23.8 Å². The van der Waals surface area contributed by atoms with Gasteiger partial charge in [0.25, 0.3) is 0 Å². The highest BCUT2D eigenvalue weighted by Crippen LogP contribution is 2.17. The van der Waals surface area contributed by atoms with Crippen molar-refractivity contribution >= 4 is 6.03 Å². The summed E-state index contributed by atoms with van der Waals surface area (Å²) < 4.78 is 0. The summed E-state index contributed by atoms with van der Waals surface area (Å²) in [7, 11) is 0. The van der Waals surface area contributed by atoms with E-state index in [0.717, 1.165) is 6.42 Å². The molecular weight excluding hydrogens is 264 g/mol. The van der Waals surface area contributed by atoms with Gasteiger partial charge >= 0.3 is 6.03 Å². The summed E-state index contributed by atoms with van der Waals surface area (Å²) in [5.41, 5.74) is 4.82. The standard InChI is InChI=1S/C17H24N2O2/c1-11-6-12(2)16(13(3)7-11)9-18-17(21)19-15-5-4-14(8-15)10-20/h4-7,14-15,20H,8-10H2,1-3H3,(H2,18,19,21)/t14-,15+/m0/s1. The van der Waals surface area contributed by atoms with Gasteiger partial charge in [-0.15, -0.1) is 0 Å². The van der Waals surface area contributed by atoms with E-state index in [4.69, 9.17) is 5.11 Å². The van der Waals surface area contributed by atoms with E-state index < -0.39 is 0 Å². The molecule has 2 rings (SSSR count). The van der Waals surface area contributed by atoms with E-state index in [2.05, 4.69) is 43.5 Å². The Kier molecular flexibility index (Phi) is 5.02. The predicted octanol–water partition coefficient (Wildman–Crippen LogP) is 2.35. The second kappa shape index (κ2) is 6.76. The average Bonchev–Trinajstić information content (AvgIpc) is 2.85. The topological polar surface area (TPSA) is 61.4 Å². The molecule has 4 heteroatoms. The molecule has 0 aliphatic heterocycles. The number of benzene rings is 1. The Morgan fingerprint density at radius 3 is 2.48 bits per heavy atom. The van der Waals surface area contributed by atoms with Gasteiger partial charge in [0.2, 0.25) is 0 Å². The van der Waals surface area contributed by atoms with Crippen LogP contribution in [0.15, 0.2) is 24.3 Å². The van der Waals surface area contributed by atoms with Crippen LogP contribution >= 0.6 is 0 Å². The molecule has 0 fully saturated rings. The number of aliphatic hydroxyl groups excluding tert-OH is 1. The van der Waals surface area contributed by atoms with Crippen molar-refractivity contribution in [1.82, 2.24) is 10.6 Å².